The minimum Gasteiger partial charge on any atom is -0.326 e. The molecule has 66 heavy (non-hydrogen) atoms. The highest BCUT2D eigenvalue weighted by Gasteiger charge is 2.39. The van der Waals surface area contributed by atoms with Crippen LogP contribution in [0.25, 0.3) is 0 Å². The van der Waals surface area contributed by atoms with Gasteiger partial charge in [0.05, 0.1) is 97.9 Å². The molecule has 8 amide bonds. The molecule has 0 aliphatic carbocycles. The van der Waals surface area contributed by atoms with Gasteiger partial charge in [-0.3, -0.25) is 58.0 Å². The van der Waals surface area contributed by atoms with Crippen molar-refractivity contribution >= 4 is 47.3 Å². The maximum absolute atomic E-state index is 13.1. The van der Waals surface area contributed by atoms with E-state index < -0.39 is 0 Å². The first-order valence-corrected chi connectivity index (χ1v) is 23.3. The van der Waals surface area contributed by atoms with E-state index in [4.69, 9.17) is 0 Å². The number of carbonyl (C=O) groups excluding carboxylic acids is 8. The molecule has 4 aromatic rings. The van der Waals surface area contributed by atoms with Crippen molar-refractivity contribution in [2.24, 2.45) is 0 Å². The minimum absolute atomic E-state index is 0.270. The summed E-state index contributed by atoms with van der Waals surface area (Å²) < 4.78 is 1.30. The highest BCUT2D eigenvalue weighted by Crippen LogP contribution is 2.27. The van der Waals surface area contributed by atoms with Crippen molar-refractivity contribution in [1.82, 2.24) is 19.6 Å². The van der Waals surface area contributed by atoms with Crippen molar-refractivity contribution in [3.05, 3.63) is 142 Å². The summed E-state index contributed by atoms with van der Waals surface area (Å²) in [6, 6.07) is 27.6. The fraction of sp³-hybridized carbons (Fsp3) is 0.385. The molecule has 0 radical (unpaired) electrons. The Labute approximate surface area is 385 Å². The first-order chi connectivity index (χ1) is 31.8. The van der Waals surface area contributed by atoms with Crippen LogP contribution in [0, 0.1) is 0 Å². The van der Waals surface area contributed by atoms with Crippen LogP contribution >= 0.6 is 0 Å². The van der Waals surface area contributed by atoms with Gasteiger partial charge in [0.15, 0.2) is 0 Å². The van der Waals surface area contributed by atoms with Crippen molar-refractivity contribution in [2.45, 2.75) is 51.4 Å². The number of amides is 8. The van der Waals surface area contributed by atoms with Crippen LogP contribution in [0.1, 0.15) is 134 Å². The van der Waals surface area contributed by atoms with Crippen molar-refractivity contribution < 1.29 is 47.3 Å². The zero-order valence-electron chi connectivity index (χ0n) is 37.9. The monoisotopic (exact) mass is 894 g/mol. The van der Waals surface area contributed by atoms with E-state index in [1.807, 2.05) is 0 Å². The van der Waals surface area contributed by atoms with Gasteiger partial charge in [0.2, 0.25) is 0 Å². The van der Waals surface area contributed by atoms with Crippen molar-refractivity contribution in [1.29, 1.82) is 0 Å². The highest BCUT2D eigenvalue weighted by atomic mass is 16.2. The van der Waals surface area contributed by atoms with Gasteiger partial charge in [-0.25, -0.2) is 0 Å². The number of fused-ring (bicyclic) bond motifs is 4. The van der Waals surface area contributed by atoms with Gasteiger partial charge in [-0.2, -0.15) is 0 Å². The molecule has 4 aromatic carbocycles. The summed E-state index contributed by atoms with van der Waals surface area (Å²) in [5.41, 5.74) is 3.45. The fourth-order valence-corrected chi connectivity index (χ4v) is 10.2. The van der Waals surface area contributed by atoms with Crippen molar-refractivity contribution in [3.8, 4) is 0 Å². The van der Waals surface area contributed by atoms with Crippen LogP contribution in [0.4, 0.5) is 0 Å². The Kier molecular flexibility index (Phi) is 13.5. The molecular weight excluding hydrogens is 837 g/mol. The third-order valence-electron chi connectivity index (χ3n) is 14.0. The summed E-state index contributed by atoms with van der Waals surface area (Å²) in [6.45, 7) is 5.66. The molecule has 0 aromatic heterocycles. The zero-order chi connectivity index (χ0) is 46.6. The first kappa shape index (κ1) is 45.9. The highest BCUT2D eigenvalue weighted by molar-refractivity contribution is 6.23. The summed E-state index contributed by atoms with van der Waals surface area (Å²) in [6.07, 6.45) is 6.15. The summed E-state index contributed by atoms with van der Waals surface area (Å²) in [5, 5.41) is 0. The molecule has 14 heteroatoms. The average Bonchev–Trinajstić information content (AvgIpc) is 3.91. The van der Waals surface area contributed by atoms with E-state index in [1.54, 1.807) is 97.1 Å². The number of benzene rings is 4. The Balaban J connectivity index is 0.861. The molecule has 4 heterocycles. The van der Waals surface area contributed by atoms with Crippen LogP contribution in [-0.2, 0) is 0 Å². The van der Waals surface area contributed by atoms with Crippen molar-refractivity contribution in [3.63, 3.8) is 0 Å². The molecule has 8 rings (SSSR count). The van der Waals surface area contributed by atoms with Gasteiger partial charge in [0, 0.05) is 51.9 Å². The van der Waals surface area contributed by atoms with E-state index in [0.717, 1.165) is 38.8 Å². The number of rotatable bonds is 23. The second-order valence-corrected chi connectivity index (χ2v) is 18.6. The number of carbonyl (C=O) groups is 8. The van der Waals surface area contributed by atoms with Gasteiger partial charge in [0.25, 0.3) is 47.3 Å². The number of unbranched alkanes of at least 4 members (excludes halogenated alkanes) is 3. The predicted molar refractivity (Wildman–Crippen MR) is 246 cm³/mol. The molecule has 342 valence electrons. The smallest absolute Gasteiger partial charge is 0.261 e. The lowest BCUT2D eigenvalue weighted by atomic mass is 10.1. The van der Waals surface area contributed by atoms with Gasteiger partial charge in [-0.1, -0.05) is 48.5 Å². The van der Waals surface area contributed by atoms with E-state index in [-0.39, 0.29) is 47.3 Å². The van der Waals surface area contributed by atoms with Crippen LogP contribution in [0.2, 0.25) is 0 Å². The molecular formula is C52H58N6O8+2. The second kappa shape index (κ2) is 19.4. The maximum Gasteiger partial charge on any atom is 0.261 e. The number of nitrogens with zero attached hydrogens (tertiary/aromatic N) is 6. The Morgan fingerprint density at radius 2 is 0.439 bits per heavy atom. The van der Waals surface area contributed by atoms with Gasteiger partial charge in [-0.15, -0.1) is 0 Å². The summed E-state index contributed by atoms with van der Waals surface area (Å²) in [4.78, 5) is 110. The largest absolute Gasteiger partial charge is 0.326 e. The van der Waals surface area contributed by atoms with Gasteiger partial charge >= 0.3 is 0 Å². The minimum atomic E-state index is -0.270. The van der Waals surface area contributed by atoms with Crippen LogP contribution in [0.15, 0.2) is 97.1 Å². The normalized spacial score (nSPS) is 15.7. The second-order valence-electron chi connectivity index (χ2n) is 18.6. The van der Waals surface area contributed by atoms with E-state index in [9.17, 15) is 38.4 Å². The van der Waals surface area contributed by atoms with Crippen LogP contribution in [-0.4, -0.2) is 155 Å². The Bertz CT molecular complexity index is 2130. The van der Waals surface area contributed by atoms with Crippen LogP contribution in [0.5, 0.6) is 0 Å². The zero-order valence-corrected chi connectivity index (χ0v) is 37.9. The Morgan fingerprint density at radius 3 is 0.621 bits per heavy atom. The number of hydrogen-bond donors (Lipinski definition) is 0. The van der Waals surface area contributed by atoms with Gasteiger partial charge < -0.3 is 8.97 Å². The molecule has 0 saturated heterocycles. The SMILES string of the molecule is C[N+](CCCCCC[N+](C)(CCCN1C(=O)c2ccccc2C1=O)CCCN1C(=O)c2ccccc2C1=O)(CCCN1C(=O)c2ccccc2C1=O)CCCN1C(=O)c2ccccc2C1=O. The van der Waals surface area contributed by atoms with Gasteiger partial charge in [-0.05, 0) is 74.2 Å². The lowest BCUT2D eigenvalue weighted by Gasteiger charge is -2.36. The molecule has 0 unspecified atom stereocenters. The van der Waals surface area contributed by atoms with E-state index in [0.29, 0.717) is 132 Å². The quantitative estimate of drug-likeness (QED) is 0.0487. The van der Waals surface area contributed by atoms with Crippen molar-refractivity contribution in [2.75, 3.05) is 79.5 Å². The average molecular weight is 895 g/mol. The number of hydrogen-bond acceptors (Lipinski definition) is 8. The topological polar surface area (TPSA) is 150 Å². The van der Waals surface area contributed by atoms with Gasteiger partial charge in [0.1, 0.15) is 0 Å². The number of imide groups is 4. The molecule has 4 aliphatic rings. The lowest BCUT2D eigenvalue weighted by molar-refractivity contribution is -0.910. The molecule has 0 saturated carbocycles. The van der Waals surface area contributed by atoms with E-state index in [1.165, 1.54) is 19.6 Å². The molecule has 0 atom stereocenters. The maximum atomic E-state index is 13.1. The number of quaternary nitrogens is 2. The van der Waals surface area contributed by atoms with Crippen LogP contribution < -0.4 is 0 Å². The molecule has 0 N–H and O–H groups in total. The molecule has 0 fully saturated rings. The standard InChI is InChI=1S/C52H58N6O8/c1-57(33-15-27-53-45(59)37-19-5-6-20-38(37)46(53)60,34-16-28-54-47(61)39-21-7-8-22-40(39)48(54)62)31-13-3-4-14-32-58(2,35-17-29-55-49(63)41-23-9-10-24-42(41)50(55)64)36-18-30-56-51(65)43-25-11-12-26-44(43)52(56)66/h5-12,19-26H,3-4,13-18,27-36H2,1-2H3/q+2. The van der Waals surface area contributed by atoms with Crippen LogP contribution in [0.3, 0.4) is 0 Å². The fourth-order valence-electron chi connectivity index (χ4n) is 10.2. The molecule has 0 bridgehead atoms. The summed E-state index contributed by atoms with van der Waals surface area (Å²) in [5.74, 6) is -2.16. The Hall–Kier alpha value is -6.64. The summed E-state index contributed by atoms with van der Waals surface area (Å²) in [7, 11) is 4.34. The lowest BCUT2D eigenvalue weighted by Crippen LogP contribution is -2.48. The van der Waals surface area contributed by atoms with E-state index in [2.05, 4.69) is 14.1 Å². The summed E-state index contributed by atoms with van der Waals surface area (Å²) >= 11 is 0. The third-order valence-corrected chi connectivity index (χ3v) is 14.0. The van der Waals surface area contributed by atoms with E-state index >= 15 is 0 Å². The molecule has 4 aliphatic heterocycles. The third kappa shape index (κ3) is 9.25. The predicted octanol–water partition coefficient (Wildman–Crippen LogP) is 6.19. The first-order valence-electron chi connectivity index (χ1n) is 23.3. The Morgan fingerprint density at radius 1 is 0.273 bits per heavy atom. The molecule has 0 spiro atoms. The molecule has 14 nitrogen and oxygen atoms in total.